The maximum Gasteiger partial charge on any atom is 0.170 e. The van der Waals surface area contributed by atoms with E-state index in [0.29, 0.717) is 6.61 Å². The molecule has 0 aliphatic carbocycles. The Bertz CT molecular complexity index is 719. The van der Waals surface area contributed by atoms with E-state index in [-0.39, 0.29) is 11.5 Å². The number of hydrogen-bond donors (Lipinski definition) is 0. The van der Waals surface area contributed by atoms with Crippen molar-refractivity contribution < 1.29 is 9.47 Å². The predicted octanol–water partition coefficient (Wildman–Crippen LogP) is 13.4. The Morgan fingerprint density at radius 3 is 1.20 bits per heavy atom. The van der Waals surface area contributed by atoms with E-state index < -0.39 is 0 Å². The molecular formula is C42H77NO2. The van der Waals surface area contributed by atoms with Gasteiger partial charge in [-0.15, -0.1) is 0 Å². The van der Waals surface area contributed by atoms with E-state index in [2.05, 4.69) is 88.4 Å². The lowest BCUT2D eigenvalue weighted by Crippen LogP contribution is -2.45. The molecule has 3 heteroatoms. The molecule has 1 aliphatic rings. The summed E-state index contributed by atoms with van der Waals surface area (Å²) < 4.78 is 13.2. The third kappa shape index (κ3) is 22.9. The van der Waals surface area contributed by atoms with E-state index in [1.165, 1.54) is 141 Å². The van der Waals surface area contributed by atoms with Crippen LogP contribution in [-0.4, -0.2) is 37.1 Å². The molecule has 0 amide bonds. The van der Waals surface area contributed by atoms with Gasteiger partial charge in [0.1, 0.15) is 5.72 Å². The molecule has 1 rings (SSSR count). The van der Waals surface area contributed by atoms with E-state index in [1.807, 2.05) is 0 Å². The molecule has 3 nitrogen and oxygen atoms in total. The second-order valence-corrected chi connectivity index (χ2v) is 14.0. The summed E-state index contributed by atoms with van der Waals surface area (Å²) in [5, 5.41) is 0. The van der Waals surface area contributed by atoms with Crippen LogP contribution in [0, 0.1) is 0 Å². The van der Waals surface area contributed by atoms with E-state index in [9.17, 15) is 0 Å². The number of unbranched alkanes of at least 4 members (excludes halogenated alkanes) is 18. The van der Waals surface area contributed by atoms with Crippen LogP contribution in [0.25, 0.3) is 0 Å². The summed E-state index contributed by atoms with van der Waals surface area (Å²) in [7, 11) is 4.22. The van der Waals surface area contributed by atoms with Crippen LogP contribution in [-0.2, 0) is 9.47 Å². The molecule has 0 aromatic carbocycles. The van der Waals surface area contributed by atoms with E-state index >= 15 is 0 Å². The highest BCUT2D eigenvalue weighted by Crippen LogP contribution is 2.40. The van der Waals surface area contributed by atoms with Crippen molar-refractivity contribution in [1.29, 1.82) is 0 Å². The number of likely N-dealkylation sites (N-methyl/N-ethyl adjacent to an activating group) is 1. The molecule has 0 N–H and O–H groups in total. The average molecular weight is 628 g/mol. The summed E-state index contributed by atoms with van der Waals surface area (Å²) >= 11 is 0. The van der Waals surface area contributed by atoms with Crippen molar-refractivity contribution in [2.24, 2.45) is 0 Å². The van der Waals surface area contributed by atoms with Crippen molar-refractivity contribution in [3.8, 4) is 0 Å². The molecule has 1 saturated heterocycles. The highest BCUT2D eigenvalue weighted by Gasteiger charge is 2.48. The zero-order chi connectivity index (χ0) is 32.7. The van der Waals surface area contributed by atoms with Crippen molar-refractivity contribution in [1.82, 2.24) is 4.90 Å². The van der Waals surface area contributed by atoms with Gasteiger partial charge in [-0.1, -0.05) is 140 Å². The molecule has 0 saturated carbocycles. The summed E-state index contributed by atoms with van der Waals surface area (Å²) in [6.45, 7) is 7.39. The van der Waals surface area contributed by atoms with Gasteiger partial charge in [-0.25, -0.2) is 0 Å². The van der Waals surface area contributed by atoms with Gasteiger partial charge in [-0.05, 0) is 98.1 Å². The second kappa shape index (κ2) is 29.0. The topological polar surface area (TPSA) is 21.7 Å². The molecule has 0 bridgehead atoms. The van der Waals surface area contributed by atoms with Gasteiger partial charge in [0, 0.05) is 12.8 Å². The van der Waals surface area contributed by atoms with Crippen molar-refractivity contribution in [3.63, 3.8) is 0 Å². The molecular weight excluding hydrogens is 550 g/mol. The fraction of sp³-hybridized carbons (Fsp3) is 0.810. The van der Waals surface area contributed by atoms with Crippen LogP contribution >= 0.6 is 0 Å². The fourth-order valence-electron chi connectivity index (χ4n) is 6.08. The van der Waals surface area contributed by atoms with Gasteiger partial charge in [-0.3, -0.25) is 4.90 Å². The molecule has 1 atom stereocenters. The Morgan fingerprint density at radius 2 is 0.844 bits per heavy atom. The molecule has 0 radical (unpaired) electrons. The maximum atomic E-state index is 6.73. The quantitative estimate of drug-likeness (QED) is 0.0564. The predicted molar refractivity (Wildman–Crippen MR) is 200 cm³/mol. The molecule has 1 fully saturated rings. The fourth-order valence-corrected chi connectivity index (χ4v) is 6.08. The van der Waals surface area contributed by atoms with E-state index in [4.69, 9.17) is 9.47 Å². The molecule has 45 heavy (non-hydrogen) atoms. The zero-order valence-electron chi connectivity index (χ0n) is 31.0. The Hall–Kier alpha value is -1.16. The highest BCUT2D eigenvalue weighted by atomic mass is 16.8. The minimum absolute atomic E-state index is 0.309. The van der Waals surface area contributed by atoms with Crippen molar-refractivity contribution >= 4 is 0 Å². The lowest BCUT2D eigenvalue weighted by atomic mass is 9.98. The number of ether oxygens (including phenoxy) is 2. The minimum Gasteiger partial charge on any atom is -0.345 e. The summed E-state index contributed by atoms with van der Waals surface area (Å²) in [5.74, 6) is -0.385. The number of nitrogens with zero attached hydrogens (tertiary/aromatic N) is 1. The smallest absolute Gasteiger partial charge is 0.170 e. The Labute approximate surface area is 282 Å². The number of rotatable bonds is 31. The largest absolute Gasteiger partial charge is 0.345 e. The molecule has 1 aliphatic heterocycles. The van der Waals surface area contributed by atoms with Gasteiger partial charge in [0.2, 0.25) is 0 Å². The Kier molecular flexibility index (Phi) is 27.0. The molecule has 262 valence electrons. The average Bonchev–Trinajstić information content (AvgIpc) is 3.38. The van der Waals surface area contributed by atoms with Crippen LogP contribution in [0.2, 0.25) is 0 Å². The first-order chi connectivity index (χ1) is 22.0. The van der Waals surface area contributed by atoms with E-state index in [0.717, 1.165) is 25.7 Å². The standard InChI is InChI=1S/C42H77NO2/c1-6-8-10-12-14-16-18-20-22-24-26-28-30-32-34-36-38-42(44-40-41(3,45-42)43(4)5)39-37-35-33-31-29-27-25-23-21-19-17-15-13-11-9-7-2/h14-17,20-23H,6-13,18-19,24-40H2,1-5H3/b16-14-,17-15-,22-20-,23-21-. The second-order valence-electron chi connectivity index (χ2n) is 14.0. The molecule has 0 aromatic rings. The molecule has 0 aromatic heterocycles. The zero-order valence-corrected chi connectivity index (χ0v) is 31.0. The number of allylic oxidation sites excluding steroid dienone is 8. The molecule has 0 spiro atoms. The first kappa shape index (κ1) is 41.9. The summed E-state index contributed by atoms with van der Waals surface area (Å²) in [6, 6.07) is 0. The van der Waals surface area contributed by atoms with Gasteiger partial charge in [0.05, 0.1) is 6.61 Å². The maximum absolute atomic E-state index is 6.73. The van der Waals surface area contributed by atoms with E-state index in [1.54, 1.807) is 0 Å². The summed E-state index contributed by atoms with van der Waals surface area (Å²) in [4.78, 5) is 2.19. The molecule has 1 heterocycles. The SMILES string of the molecule is CCCCC/C=C\C/C=C\CCCCCCCCC1(CCCCCCCC/C=C\C/C=C\CCCCC)OCC(C)(N(C)C)O1. The lowest BCUT2D eigenvalue weighted by Gasteiger charge is -2.34. The molecule has 1 unspecified atom stereocenters. The van der Waals surface area contributed by atoms with Crippen molar-refractivity contribution in [3.05, 3.63) is 48.6 Å². The van der Waals surface area contributed by atoms with Gasteiger partial charge >= 0.3 is 0 Å². The normalized spacial score (nSPS) is 18.7. The van der Waals surface area contributed by atoms with Crippen LogP contribution in [0.1, 0.15) is 188 Å². The van der Waals surface area contributed by atoms with Crippen LogP contribution < -0.4 is 0 Å². The minimum atomic E-state index is -0.385. The van der Waals surface area contributed by atoms with Crippen LogP contribution in [0.15, 0.2) is 48.6 Å². The first-order valence-corrected chi connectivity index (χ1v) is 19.6. The van der Waals surface area contributed by atoms with Crippen LogP contribution in [0.5, 0.6) is 0 Å². The van der Waals surface area contributed by atoms with Gasteiger partial charge in [0.15, 0.2) is 5.79 Å². The first-order valence-electron chi connectivity index (χ1n) is 19.6. The van der Waals surface area contributed by atoms with Gasteiger partial charge < -0.3 is 9.47 Å². The Balaban J connectivity index is 2.15. The highest BCUT2D eigenvalue weighted by molar-refractivity contribution is 4.93. The van der Waals surface area contributed by atoms with Gasteiger partial charge in [0.25, 0.3) is 0 Å². The third-order valence-corrected chi connectivity index (χ3v) is 9.47. The summed E-state index contributed by atoms with van der Waals surface area (Å²) in [6.07, 6.45) is 51.7. The monoisotopic (exact) mass is 628 g/mol. The van der Waals surface area contributed by atoms with Crippen molar-refractivity contribution in [2.75, 3.05) is 20.7 Å². The van der Waals surface area contributed by atoms with Crippen LogP contribution in [0.3, 0.4) is 0 Å². The van der Waals surface area contributed by atoms with Crippen molar-refractivity contribution in [2.45, 2.75) is 199 Å². The third-order valence-electron chi connectivity index (χ3n) is 9.47. The summed E-state index contributed by atoms with van der Waals surface area (Å²) in [5.41, 5.74) is -0.309. The number of hydrogen-bond acceptors (Lipinski definition) is 3. The Morgan fingerprint density at radius 1 is 0.489 bits per heavy atom. The van der Waals surface area contributed by atoms with Gasteiger partial charge in [-0.2, -0.15) is 0 Å². The van der Waals surface area contributed by atoms with Crippen LogP contribution in [0.4, 0.5) is 0 Å². The lowest BCUT2D eigenvalue weighted by molar-refractivity contribution is -0.218.